The lowest BCUT2D eigenvalue weighted by Gasteiger charge is -2.25. The minimum atomic E-state index is -0.254. The number of hydrogen-bond donors (Lipinski definition) is 2. The molecule has 5 nitrogen and oxygen atoms in total. The van der Waals surface area contributed by atoms with Gasteiger partial charge in [-0.3, -0.25) is 4.79 Å². The summed E-state index contributed by atoms with van der Waals surface area (Å²) in [6, 6.07) is 17.0. The summed E-state index contributed by atoms with van der Waals surface area (Å²) in [6.07, 6.45) is 5.15. The number of amides is 1. The van der Waals surface area contributed by atoms with Gasteiger partial charge in [0, 0.05) is 23.3 Å². The Morgan fingerprint density at radius 2 is 1.90 bits per heavy atom. The number of halogens is 1. The number of benzene rings is 2. The van der Waals surface area contributed by atoms with Gasteiger partial charge in [-0.2, -0.15) is 5.10 Å². The maximum atomic E-state index is 13.0. The van der Waals surface area contributed by atoms with Crippen LogP contribution in [0.15, 0.2) is 60.8 Å². The highest BCUT2D eigenvalue weighted by atomic mass is 35.5. The average Bonchev–Trinajstić information content (AvgIpc) is 3.19. The minimum Gasteiger partial charge on any atom is -0.393 e. The van der Waals surface area contributed by atoms with Crippen LogP contribution in [0.4, 0.5) is 0 Å². The van der Waals surface area contributed by atoms with Crippen LogP contribution in [0.5, 0.6) is 0 Å². The first kappa shape index (κ1) is 19.7. The minimum absolute atomic E-state index is 0.155. The number of rotatable bonds is 5. The first-order chi connectivity index (χ1) is 14.1. The number of hydrogen-bond acceptors (Lipinski definition) is 3. The highest BCUT2D eigenvalue weighted by Gasteiger charge is 2.23. The maximum absolute atomic E-state index is 13.0. The number of aromatic nitrogens is 2. The zero-order chi connectivity index (χ0) is 20.2. The highest BCUT2D eigenvalue weighted by Crippen LogP contribution is 2.26. The number of para-hydroxylation sites is 1. The van der Waals surface area contributed by atoms with E-state index < -0.39 is 0 Å². The molecule has 29 heavy (non-hydrogen) atoms. The predicted molar refractivity (Wildman–Crippen MR) is 114 cm³/mol. The molecule has 1 aromatic heterocycles. The molecule has 2 aromatic carbocycles. The van der Waals surface area contributed by atoms with Crippen molar-refractivity contribution in [1.29, 1.82) is 0 Å². The Kier molecular flexibility index (Phi) is 5.97. The molecule has 1 aliphatic carbocycles. The topological polar surface area (TPSA) is 67.2 Å². The lowest BCUT2D eigenvalue weighted by atomic mass is 9.87. The molecular formula is C23H24ClN3O2. The Morgan fingerprint density at radius 1 is 1.14 bits per heavy atom. The maximum Gasteiger partial charge on any atom is 0.255 e. The predicted octanol–water partition coefficient (Wildman–Crippen LogP) is 4.47. The molecular weight excluding hydrogens is 386 g/mol. The number of carbonyl (C=O) groups is 1. The summed E-state index contributed by atoms with van der Waals surface area (Å²) in [5.41, 5.74) is 2.86. The molecule has 0 unspecified atom stereocenters. The van der Waals surface area contributed by atoms with Crippen LogP contribution in [-0.4, -0.2) is 33.4 Å². The van der Waals surface area contributed by atoms with E-state index in [0.29, 0.717) is 28.7 Å². The van der Waals surface area contributed by atoms with E-state index in [9.17, 15) is 9.90 Å². The fourth-order valence-corrected chi connectivity index (χ4v) is 3.98. The standard InChI is InChI=1S/C23H24ClN3O2/c24-18-11-9-17(10-12-18)22-21(15-27(26-22)19-6-2-1-3-7-19)23(29)25-14-16-5-4-8-20(28)13-16/h1-3,6-7,9-12,15-16,20,28H,4-5,8,13-14H2,(H,25,29)/t16-,20-/m0/s1. The highest BCUT2D eigenvalue weighted by molar-refractivity contribution is 6.30. The fourth-order valence-electron chi connectivity index (χ4n) is 3.85. The fraction of sp³-hybridized carbons (Fsp3) is 0.304. The quantitative estimate of drug-likeness (QED) is 0.653. The van der Waals surface area contributed by atoms with Crippen LogP contribution in [0.3, 0.4) is 0 Å². The molecule has 1 saturated carbocycles. The zero-order valence-electron chi connectivity index (χ0n) is 16.1. The van der Waals surface area contributed by atoms with Gasteiger partial charge >= 0.3 is 0 Å². The third-order valence-corrected chi connectivity index (χ3v) is 5.66. The summed E-state index contributed by atoms with van der Waals surface area (Å²) in [4.78, 5) is 13.0. The van der Waals surface area contributed by atoms with Crippen molar-refractivity contribution in [1.82, 2.24) is 15.1 Å². The molecule has 2 N–H and O–H groups in total. The molecule has 0 saturated heterocycles. The van der Waals surface area contributed by atoms with Gasteiger partial charge in [0.05, 0.1) is 17.4 Å². The Balaban J connectivity index is 1.60. The van der Waals surface area contributed by atoms with E-state index >= 15 is 0 Å². The molecule has 6 heteroatoms. The normalized spacial score (nSPS) is 19.1. The molecule has 4 rings (SSSR count). The second-order valence-electron chi connectivity index (χ2n) is 7.57. The van der Waals surface area contributed by atoms with Crippen molar-refractivity contribution in [2.24, 2.45) is 5.92 Å². The van der Waals surface area contributed by atoms with Crippen LogP contribution in [0.2, 0.25) is 5.02 Å². The molecule has 3 aromatic rings. The Labute approximate surface area is 175 Å². The summed E-state index contributed by atoms with van der Waals surface area (Å²) in [6.45, 7) is 0.562. The van der Waals surface area contributed by atoms with Gasteiger partial charge in [0.2, 0.25) is 0 Å². The van der Waals surface area contributed by atoms with Crippen molar-refractivity contribution >= 4 is 17.5 Å². The van der Waals surface area contributed by atoms with E-state index in [1.54, 1.807) is 23.0 Å². The van der Waals surface area contributed by atoms with E-state index in [-0.39, 0.29) is 12.0 Å². The third kappa shape index (κ3) is 4.69. The Morgan fingerprint density at radius 3 is 2.62 bits per heavy atom. The number of aliphatic hydroxyl groups is 1. The van der Waals surface area contributed by atoms with Crippen LogP contribution in [0.25, 0.3) is 16.9 Å². The molecule has 1 heterocycles. The van der Waals surface area contributed by atoms with Gasteiger partial charge in [0.25, 0.3) is 5.91 Å². The summed E-state index contributed by atoms with van der Waals surface area (Å²) < 4.78 is 1.73. The van der Waals surface area contributed by atoms with Gasteiger partial charge in [0.15, 0.2) is 0 Å². The van der Waals surface area contributed by atoms with Crippen molar-refractivity contribution in [3.8, 4) is 16.9 Å². The van der Waals surface area contributed by atoms with Crippen molar-refractivity contribution < 1.29 is 9.90 Å². The van der Waals surface area contributed by atoms with Gasteiger partial charge < -0.3 is 10.4 Å². The van der Waals surface area contributed by atoms with Crippen molar-refractivity contribution in [3.05, 3.63) is 71.4 Å². The van der Waals surface area contributed by atoms with E-state index in [1.807, 2.05) is 42.5 Å². The molecule has 0 radical (unpaired) electrons. The van der Waals surface area contributed by atoms with Crippen LogP contribution in [0.1, 0.15) is 36.0 Å². The zero-order valence-corrected chi connectivity index (χ0v) is 16.8. The summed E-state index contributed by atoms with van der Waals surface area (Å²) in [5, 5.41) is 18.2. The third-order valence-electron chi connectivity index (χ3n) is 5.40. The summed E-state index contributed by atoms with van der Waals surface area (Å²) in [5.74, 6) is 0.156. The number of aliphatic hydroxyl groups excluding tert-OH is 1. The number of nitrogens with zero attached hydrogens (tertiary/aromatic N) is 2. The Hall–Kier alpha value is -2.63. The smallest absolute Gasteiger partial charge is 0.255 e. The second kappa shape index (κ2) is 8.80. The van der Waals surface area contributed by atoms with E-state index in [4.69, 9.17) is 11.6 Å². The second-order valence-corrected chi connectivity index (χ2v) is 8.01. The van der Waals surface area contributed by atoms with Gasteiger partial charge in [-0.25, -0.2) is 4.68 Å². The van der Waals surface area contributed by atoms with E-state index in [1.165, 1.54) is 0 Å². The van der Waals surface area contributed by atoms with Crippen molar-refractivity contribution in [2.45, 2.75) is 31.8 Å². The van der Waals surface area contributed by atoms with E-state index in [2.05, 4.69) is 10.4 Å². The average molecular weight is 410 g/mol. The number of carbonyl (C=O) groups excluding carboxylic acids is 1. The molecule has 0 spiro atoms. The largest absolute Gasteiger partial charge is 0.393 e. The van der Waals surface area contributed by atoms with Crippen LogP contribution in [-0.2, 0) is 0 Å². The number of nitrogens with one attached hydrogen (secondary N) is 1. The summed E-state index contributed by atoms with van der Waals surface area (Å²) in [7, 11) is 0. The van der Waals surface area contributed by atoms with Crippen LogP contribution < -0.4 is 5.32 Å². The van der Waals surface area contributed by atoms with E-state index in [0.717, 1.165) is 36.9 Å². The van der Waals surface area contributed by atoms with Crippen LogP contribution >= 0.6 is 11.6 Å². The molecule has 150 valence electrons. The SMILES string of the molecule is O=C(NC[C@H]1CCC[C@H](O)C1)c1cn(-c2ccccc2)nc1-c1ccc(Cl)cc1. The summed E-state index contributed by atoms with van der Waals surface area (Å²) >= 11 is 6.02. The Bertz CT molecular complexity index is 970. The van der Waals surface area contributed by atoms with Crippen molar-refractivity contribution in [2.75, 3.05) is 6.54 Å². The first-order valence-electron chi connectivity index (χ1n) is 9.97. The van der Waals surface area contributed by atoms with Gasteiger partial charge in [-0.1, -0.05) is 48.4 Å². The molecule has 1 fully saturated rings. The van der Waals surface area contributed by atoms with Gasteiger partial charge in [0.1, 0.15) is 5.69 Å². The van der Waals surface area contributed by atoms with Gasteiger partial charge in [-0.15, -0.1) is 0 Å². The lowest BCUT2D eigenvalue weighted by Crippen LogP contribution is -2.33. The monoisotopic (exact) mass is 409 g/mol. The molecule has 2 atom stereocenters. The first-order valence-corrected chi connectivity index (χ1v) is 10.4. The van der Waals surface area contributed by atoms with Gasteiger partial charge in [-0.05, 0) is 49.4 Å². The van der Waals surface area contributed by atoms with Crippen molar-refractivity contribution in [3.63, 3.8) is 0 Å². The lowest BCUT2D eigenvalue weighted by molar-refractivity contribution is 0.0874. The van der Waals surface area contributed by atoms with Crippen LogP contribution in [0, 0.1) is 5.92 Å². The molecule has 0 bridgehead atoms. The molecule has 1 aliphatic rings. The molecule has 0 aliphatic heterocycles. The molecule has 1 amide bonds.